The van der Waals surface area contributed by atoms with Crippen LogP contribution in [0.5, 0.6) is 11.5 Å². The van der Waals surface area contributed by atoms with Crippen LogP contribution in [0.2, 0.25) is 0 Å². The lowest BCUT2D eigenvalue weighted by Gasteiger charge is -2.02. The van der Waals surface area contributed by atoms with E-state index in [1.807, 2.05) is 0 Å². The van der Waals surface area contributed by atoms with E-state index in [0.717, 1.165) is 17.9 Å². The summed E-state index contributed by atoms with van der Waals surface area (Å²) in [6.45, 7) is 1.42. The van der Waals surface area contributed by atoms with Crippen molar-refractivity contribution in [3.05, 3.63) is 84.2 Å². The molecule has 152 valence electrons. The predicted octanol–water partition coefficient (Wildman–Crippen LogP) is 3.37. The Morgan fingerprint density at radius 1 is 0.724 bits per heavy atom. The van der Waals surface area contributed by atoms with Crippen molar-refractivity contribution in [1.29, 1.82) is 0 Å². The first-order valence-electron chi connectivity index (χ1n) is 9.30. The summed E-state index contributed by atoms with van der Waals surface area (Å²) in [5.41, 5.74) is 1.22. The van der Waals surface area contributed by atoms with Gasteiger partial charge in [0.25, 0.3) is 0 Å². The smallest absolute Gasteiger partial charge is 0.187 e. The second-order valence-corrected chi connectivity index (χ2v) is 6.11. The van der Waals surface area contributed by atoms with Crippen LogP contribution < -0.4 is 20.1 Å². The van der Waals surface area contributed by atoms with Gasteiger partial charge in [0.2, 0.25) is 0 Å². The number of ether oxygens (including phenoxy) is 2. The standard InChI is InChI=1S/C23H26N2O4/c1-28-20-8-4-18(5-9-20)22(26)12-16-24-14-3-15-25-17-13-23(27)19-6-10-21(29-2)11-7-19/h4-13,16-17,24-25H,3,14-15H2,1-2H3/b16-12+,17-13+. The molecule has 0 aromatic heterocycles. The number of rotatable bonds is 12. The van der Waals surface area contributed by atoms with Crippen molar-refractivity contribution >= 4 is 11.6 Å². The summed E-state index contributed by atoms with van der Waals surface area (Å²) in [4.78, 5) is 24.0. The van der Waals surface area contributed by atoms with Crippen LogP contribution in [0.4, 0.5) is 0 Å². The van der Waals surface area contributed by atoms with Crippen LogP contribution in [0.25, 0.3) is 0 Å². The van der Waals surface area contributed by atoms with Gasteiger partial charge in [0.15, 0.2) is 11.6 Å². The SMILES string of the molecule is COc1ccc(C(=O)/C=C/NCCCN/C=C/C(=O)c2ccc(OC)cc2)cc1. The van der Waals surface area contributed by atoms with Crippen molar-refractivity contribution in [2.24, 2.45) is 0 Å². The molecule has 0 fully saturated rings. The van der Waals surface area contributed by atoms with Gasteiger partial charge in [0, 0.05) is 48.8 Å². The monoisotopic (exact) mass is 394 g/mol. The van der Waals surface area contributed by atoms with Gasteiger partial charge < -0.3 is 20.1 Å². The molecule has 2 rings (SSSR count). The molecule has 6 nitrogen and oxygen atoms in total. The average Bonchev–Trinajstić information content (AvgIpc) is 2.77. The quantitative estimate of drug-likeness (QED) is 0.327. The Bertz CT molecular complexity index is 769. The Morgan fingerprint density at radius 2 is 1.10 bits per heavy atom. The minimum absolute atomic E-state index is 0.0711. The Labute approximate surface area is 171 Å². The molecule has 2 aromatic carbocycles. The van der Waals surface area contributed by atoms with E-state index < -0.39 is 0 Å². The van der Waals surface area contributed by atoms with E-state index in [4.69, 9.17) is 9.47 Å². The maximum Gasteiger partial charge on any atom is 0.187 e. The van der Waals surface area contributed by atoms with Crippen LogP contribution in [-0.2, 0) is 0 Å². The van der Waals surface area contributed by atoms with Crippen LogP contribution in [0.1, 0.15) is 27.1 Å². The van der Waals surface area contributed by atoms with Crippen molar-refractivity contribution in [2.45, 2.75) is 6.42 Å². The van der Waals surface area contributed by atoms with Gasteiger partial charge in [0.1, 0.15) is 11.5 Å². The Hall–Kier alpha value is -3.54. The van der Waals surface area contributed by atoms with Gasteiger partial charge in [0.05, 0.1) is 14.2 Å². The first kappa shape index (κ1) is 21.8. The minimum Gasteiger partial charge on any atom is -0.497 e. The summed E-state index contributed by atoms with van der Waals surface area (Å²) in [6, 6.07) is 14.0. The summed E-state index contributed by atoms with van der Waals surface area (Å²) in [5.74, 6) is 1.29. The van der Waals surface area contributed by atoms with Crippen LogP contribution >= 0.6 is 0 Å². The van der Waals surface area contributed by atoms with Crippen molar-refractivity contribution in [3.63, 3.8) is 0 Å². The fraction of sp³-hybridized carbons (Fsp3) is 0.217. The molecule has 29 heavy (non-hydrogen) atoms. The van der Waals surface area contributed by atoms with E-state index in [2.05, 4.69) is 10.6 Å². The van der Waals surface area contributed by atoms with Gasteiger partial charge in [-0.3, -0.25) is 9.59 Å². The topological polar surface area (TPSA) is 76.7 Å². The zero-order chi connectivity index (χ0) is 20.9. The van der Waals surface area contributed by atoms with Crippen LogP contribution in [0.15, 0.2) is 73.1 Å². The molecule has 0 aliphatic rings. The third-order valence-corrected chi connectivity index (χ3v) is 4.10. The highest BCUT2D eigenvalue weighted by Crippen LogP contribution is 2.12. The first-order chi connectivity index (χ1) is 14.1. The highest BCUT2D eigenvalue weighted by Gasteiger charge is 2.02. The number of nitrogens with one attached hydrogen (secondary N) is 2. The molecule has 0 unspecified atom stereocenters. The number of hydrogen-bond acceptors (Lipinski definition) is 6. The van der Waals surface area contributed by atoms with Gasteiger partial charge >= 0.3 is 0 Å². The molecular formula is C23H26N2O4. The lowest BCUT2D eigenvalue weighted by molar-refractivity contribution is 0.103. The number of benzene rings is 2. The largest absolute Gasteiger partial charge is 0.497 e. The molecule has 0 heterocycles. The molecule has 6 heteroatoms. The lowest BCUT2D eigenvalue weighted by Crippen LogP contribution is -2.15. The molecule has 0 radical (unpaired) electrons. The third-order valence-electron chi connectivity index (χ3n) is 4.10. The fourth-order valence-electron chi connectivity index (χ4n) is 2.43. The first-order valence-corrected chi connectivity index (χ1v) is 9.30. The predicted molar refractivity (Wildman–Crippen MR) is 114 cm³/mol. The summed E-state index contributed by atoms with van der Waals surface area (Å²) in [7, 11) is 3.17. The molecule has 0 saturated heterocycles. The molecule has 0 spiro atoms. The highest BCUT2D eigenvalue weighted by atomic mass is 16.5. The number of carbonyl (C=O) groups excluding carboxylic acids is 2. The number of allylic oxidation sites excluding steroid dienone is 2. The second-order valence-electron chi connectivity index (χ2n) is 6.11. The molecule has 0 amide bonds. The Balaban J connectivity index is 1.60. The fourth-order valence-corrected chi connectivity index (χ4v) is 2.43. The van der Waals surface area contributed by atoms with Crippen molar-refractivity contribution in [3.8, 4) is 11.5 Å². The molecule has 0 bridgehead atoms. The average molecular weight is 394 g/mol. The van der Waals surface area contributed by atoms with Crippen molar-refractivity contribution in [2.75, 3.05) is 27.3 Å². The lowest BCUT2D eigenvalue weighted by atomic mass is 10.1. The Morgan fingerprint density at radius 3 is 1.45 bits per heavy atom. The maximum atomic E-state index is 12.0. The molecular weight excluding hydrogens is 368 g/mol. The van der Waals surface area contributed by atoms with Crippen molar-refractivity contribution < 1.29 is 19.1 Å². The van der Waals surface area contributed by atoms with Gasteiger partial charge in [-0.25, -0.2) is 0 Å². The van der Waals surface area contributed by atoms with Gasteiger partial charge in [-0.15, -0.1) is 0 Å². The second kappa shape index (κ2) is 12.0. The van der Waals surface area contributed by atoms with Crippen LogP contribution in [0, 0.1) is 0 Å². The number of carbonyl (C=O) groups is 2. The van der Waals surface area contributed by atoms with Gasteiger partial charge in [-0.2, -0.15) is 0 Å². The van der Waals surface area contributed by atoms with E-state index in [9.17, 15) is 9.59 Å². The van der Waals surface area contributed by atoms with Crippen LogP contribution in [0.3, 0.4) is 0 Å². The van der Waals surface area contributed by atoms with Crippen molar-refractivity contribution in [1.82, 2.24) is 10.6 Å². The zero-order valence-corrected chi connectivity index (χ0v) is 16.7. The highest BCUT2D eigenvalue weighted by molar-refractivity contribution is 6.04. The summed E-state index contributed by atoms with van der Waals surface area (Å²) < 4.78 is 10.1. The van der Waals surface area contributed by atoms with Gasteiger partial charge in [-0.05, 0) is 55.0 Å². The Kier molecular flexibility index (Phi) is 9.02. The minimum atomic E-state index is -0.0711. The molecule has 2 aromatic rings. The van der Waals surface area contributed by atoms with E-state index in [1.54, 1.807) is 75.2 Å². The van der Waals surface area contributed by atoms with E-state index in [1.165, 1.54) is 12.2 Å². The van der Waals surface area contributed by atoms with E-state index in [0.29, 0.717) is 24.2 Å². The zero-order valence-electron chi connectivity index (χ0n) is 16.7. The molecule has 0 aliphatic heterocycles. The number of ketones is 2. The summed E-state index contributed by atoms with van der Waals surface area (Å²) in [5, 5.41) is 6.15. The summed E-state index contributed by atoms with van der Waals surface area (Å²) in [6.07, 6.45) is 7.14. The third kappa shape index (κ3) is 7.54. The van der Waals surface area contributed by atoms with Crippen LogP contribution in [-0.4, -0.2) is 38.9 Å². The van der Waals surface area contributed by atoms with E-state index in [-0.39, 0.29) is 11.6 Å². The normalized spacial score (nSPS) is 10.8. The van der Waals surface area contributed by atoms with E-state index >= 15 is 0 Å². The molecule has 2 N–H and O–H groups in total. The van der Waals surface area contributed by atoms with Gasteiger partial charge in [-0.1, -0.05) is 0 Å². The molecule has 0 saturated carbocycles. The molecule has 0 aliphatic carbocycles. The maximum absolute atomic E-state index is 12.0. The number of methoxy groups -OCH3 is 2. The number of hydrogen-bond donors (Lipinski definition) is 2. The molecule has 0 atom stereocenters. The summed E-state index contributed by atoms with van der Waals surface area (Å²) >= 11 is 0.